The molecule has 2 aromatic heterocycles. The fourth-order valence-electron chi connectivity index (χ4n) is 3.16. The monoisotopic (exact) mass is 413 g/mol. The van der Waals surface area contributed by atoms with Crippen LogP contribution in [0.1, 0.15) is 29.1 Å². The molecule has 4 nitrogen and oxygen atoms in total. The van der Waals surface area contributed by atoms with E-state index in [1.165, 1.54) is 0 Å². The van der Waals surface area contributed by atoms with Crippen LogP contribution in [0, 0.1) is 6.92 Å². The molecule has 0 radical (unpaired) electrons. The van der Waals surface area contributed by atoms with E-state index in [1.807, 2.05) is 36.4 Å². The van der Waals surface area contributed by atoms with Crippen molar-refractivity contribution in [2.45, 2.75) is 19.0 Å². The molecule has 126 valence electrons. The first kappa shape index (κ1) is 16.3. The van der Waals surface area contributed by atoms with Crippen molar-refractivity contribution in [3.8, 4) is 0 Å². The van der Waals surface area contributed by atoms with E-state index < -0.39 is 0 Å². The summed E-state index contributed by atoms with van der Waals surface area (Å²) in [6.07, 6.45) is 3.49. The van der Waals surface area contributed by atoms with Crippen LogP contribution in [0.25, 0.3) is 0 Å². The number of hydrogen-bond acceptors (Lipinski definition) is 3. The van der Waals surface area contributed by atoms with E-state index in [2.05, 4.69) is 50.2 Å². The minimum atomic E-state index is -0.0991. The normalized spacial score (nSPS) is 19.9. The lowest BCUT2D eigenvalue weighted by Crippen LogP contribution is -2.29. The molecule has 0 amide bonds. The third-order valence-electron chi connectivity index (χ3n) is 4.35. The van der Waals surface area contributed by atoms with E-state index in [4.69, 9.17) is 16.6 Å². The summed E-state index contributed by atoms with van der Waals surface area (Å²) in [5.41, 5.74) is 3.11. The number of rotatable bonds is 3. The Hall–Kier alpha value is -2.18. The van der Waals surface area contributed by atoms with E-state index in [0.29, 0.717) is 5.11 Å². The molecule has 1 aliphatic heterocycles. The Morgan fingerprint density at radius 3 is 2.76 bits per heavy atom. The van der Waals surface area contributed by atoms with Gasteiger partial charge >= 0.3 is 0 Å². The average molecular weight is 414 g/mol. The number of benzene rings is 1. The Morgan fingerprint density at radius 2 is 2.08 bits per heavy atom. The van der Waals surface area contributed by atoms with Gasteiger partial charge in [0.25, 0.3) is 0 Å². The molecule has 1 fully saturated rings. The standard InChI is InChI=1S/C19H16BrN3OS/c1-12-11-13(7-8-14(12)20)23-18(16-6-4-10-24-16)17(22-19(23)25)15-5-2-3-9-21-15/h2-11,17-18H,1H3,(H,22,25)/t17-,18-/m0/s1. The van der Waals surface area contributed by atoms with Crippen LogP contribution in [0.4, 0.5) is 5.69 Å². The summed E-state index contributed by atoms with van der Waals surface area (Å²) >= 11 is 9.22. The number of thiocarbonyl (C=S) groups is 1. The Kier molecular flexibility index (Phi) is 4.31. The number of pyridine rings is 1. The van der Waals surface area contributed by atoms with Crippen molar-refractivity contribution in [3.63, 3.8) is 0 Å². The number of aromatic nitrogens is 1. The predicted molar refractivity (Wildman–Crippen MR) is 106 cm³/mol. The van der Waals surface area contributed by atoms with Crippen LogP contribution in [0.3, 0.4) is 0 Å². The molecule has 1 aromatic carbocycles. The highest BCUT2D eigenvalue weighted by molar-refractivity contribution is 9.10. The number of nitrogens with one attached hydrogen (secondary N) is 1. The van der Waals surface area contributed by atoms with E-state index >= 15 is 0 Å². The molecule has 0 saturated carbocycles. The van der Waals surface area contributed by atoms with E-state index in [0.717, 1.165) is 27.2 Å². The van der Waals surface area contributed by atoms with Gasteiger partial charge < -0.3 is 14.6 Å². The summed E-state index contributed by atoms with van der Waals surface area (Å²) in [4.78, 5) is 6.62. The topological polar surface area (TPSA) is 41.3 Å². The molecule has 0 aliphatic carbocycles. The fourth-order valence-corrected chi connectivity index (χ4v) is 3.75. The number of anilines is 1. The van der Waals surface area contributed by atoms with Gasteiger partial charge in [-0.15, -0.1) is 0 Å². The van der Waals surface area contributed by atoms with Crippen molar-refractivity contribution < 1.29 is 4.42 Å². The maximum Gasteiger partial charge on any atom is 0.174 e. The third-order valence-corrected chi connectivity index (χ3v) is 5.56. The summed E-state index contributed by atoms with van der Waals surface area (Å²) in [7, 11) is 0. The summed E-state index contributed by atoms with van der Waals surface area (Å²) in [5.74, 6) is 0.851. The molecule has 4 rings (SSSR count). The number of hydrogen-bond donors (Lipinski definition) is 1. The Labute approximate surface area is 160 Å². The minimum absolute atomic E-state index is 0.0798. The van der Waals surface area contributed by atoms with E-state index in [-0.39, 0.29) is 12.1 Å². The molecule has 0 bridgehead atoms. The van der Waals surface area contributed by atoms with E-state index in [9.17, 15) is 0 Å². The number of halogens is 1. The summed E-state index contributed by atoms with van der Waals surface area (Å²) in [5, 5.41) is 4.08. The first-order chi connectivity index (χ1) is 12.1. The molecule has 6 heteroatoms. The lowest BCUT2D eigenvalue weighted by Gasteiger charge is -2.26. The summed E-state index contributed by atoms with van der Waals surface area (Å²) < 4.78 is 6.82. The van der Waals surface area contributed by atoms with Gasteiger partial charge in [0.05, 0.1) is 18.0 Å². The second-order valence-electron chi connectivity index (χ2n) is 5.95. The van der Waals surface area contributed by atoms with Crippen molar-refractivity contribution in [1.82, 2.24) is 10.3 Å². The Balaban J connectivity index is 1.82. The van der Waals surface area contributed by atoms with Gasteiger partial charge in [-0.05, 0) is 67.2 Å². The van der Waals surface area contributed by atoms with Gasteiger partial charge in [-0.2, -0.15) is 0 Å². The van der Waals surface area contributed by atoms with Crippen LogP contribution in [-0.4, -0.2) is 10.1 Å². The molecule has 25 heavy (non-hydrogen) atoms. The van der Waals surface area contributed by atoms with Crippen LogP contribution >= 0.6 is 28.1 Å². The molecular formula is C19H16BrN3OS. The van der Waals surface area contributed by atoms with Crippen LogP contribution in [0.15, 0.2) is 69.9 Å². The lowest BCUT2D eigenvalue weighted by atomic mass is 10.0. The Morgan fingerprint density at radius 1 is 1.20 bits per heavy atom. The quantitative estimate of drug-likeness (QED) is 0.616. The first-order valence-corrected chi connectivity index (χ1v) is 9.15. The molecule has 3 aromatic rings. The van der Waals surface area contributed by atoms with Gasteiger partial charge in [-0.25, -0.2) is 0 Å². The van der Waals surface area contributed by atoms with Gasteiger partial charge in [0.2, 0.25) is 0 Å². The summed E-state index contributed by atoms with van der Waals surface area (Å²) in [6.45, 7) is 2.07. The summed E-state index contributed by atoms with van der Waals surface area (Å²) in [6, 6.07) is 15.8. The second-order valence-corrected chi connectivity index (χ2v) is 7.19. The molecule has 1 aliphatic rings. The minimum Gasteiger partial charge on any atom is -0.467 e. The highest BCUT2D eigenvalue weighted by atomic mass is 79.9. The zero-order valence-electron chi connectivity index (χ0n) is 13.5. The van der Waals surface area contributed by atoms with Crippen molar-refractivity contribution in [1.29, 1.82) is 0 Å². The van der Waals surface area contributed by atoms with Crippen LogP contribution < -0.4 is 10.2 Å². The van der Waals surface area contributed by atoms with Gasteiger partial charge in [0, 0.05) is 16.4 Å². The average Bonchev–Trinajstić information content (AvgIpc) is 3.25. The first-order valence-electron chi connectivity index (χ1n) is 7.95. The van der Waals surface area contributed by atoms with Crippen molar-refractivity contribution in [2.75, 3.05) is 4.90 Å². The fraction of sp³-hybridized carbons (Fsp3) is 0.158. The van der Waals surface area contributed by atoms with Crippen molar-refractivity contribution in [3.05, 3.63) is 82.5 Å². The van der Waals surface area contributed by atoms with Crippen molar-refractivity contribution >= 4 is 38.9 Å². The predicted octanol–water partition coefficient (Wildman–Crippen LogP) is 4.92. The Bertz CT molecular complexity index is 898. The number of aryl methyl sites for hydroxylation is 1. The van der Waals surface area contributed by atoms with Crippen molar-refractivity contribution in [2.24, 2.45) is 0 Å². The van der Waals surface area contributed by atoms with Gasteiger partial charge in [0.1, 0.15) is 11.8 Å². The maximum absolute atomic E-state index is 5.74. The zero-order chi connectivity index (χ0) is 17.4. The van der Waals surface area contributed by atoms with E-state index in [1.54, 1.807) is 12.5 Å². The smallest absolute Gasteiger partial charge is 0.174 e. The number of furan rings is 1. The van der Waals surface area contributed by atoms with Crippen LogP contribution in [0.2, 0.25) is 0 Å². The molecule has 0 unspecified atom stereocenters. The number of nitrogens with zero attached hydrogens (tertiary/aromatic N) is 2. The zero-order valence-corrected chi connectivity index (χ0v) is 15.9. The highest BCUT2D eigenvalue weighted by Gasteiger charge is 2.42. The van der Waals surface area contributed by atoms with Crippen LogP contribution in [-0.2, 0) is 0 Å². The molecular weight excluding hydrogens is 398 g/mol. The molecule has 0 spiro atoms. The van der Waals surface area contributed by atoms with Gasteiger partial charge in [0.15, 0.2) is 5.11 Å². The second kappa shape index (κ2) is 6.61. The van der Waals surface area contributed by atoms with Gasteiger partial charge in [-0.1, -0.05) is 22.0 Å². The largest absolute Gasteiger partial charge is 0.467 e. The molecule has 3 heterocycles. The highest BCUT2D eigenvalue weighted by Crippen LogP contribution is 2.42. The third kappa shape index (κ3) is 2.96. The lowest BCUT2D eigenvalue weighted by molar-refractivity contribution is 0.432. The molecule has 1 N–H and O–H groups in total. The van der Waals surface area contributed by atoms with Gasteiger partial charge in [-0.3, -0.25) is 4.98 Å². The molecule has 2 atom stereocenters. The van der Waals surface area contributed by atoms with Crippen LogP contribution in [0.5, 0.6) is 0 Å². The maximum atomic E-state index is 5.74. The molecule has 1 saturated heterocycles. The SMILES string of the molecule is Cc1cc(N2C(=S)N[C@@H](c3ccccn3)[C@@H]2c2ccco2)ccc1Br.